The number of quaternary nitrogens is 1. The van der Waals surface area contributed by atoms with Gasteiger partial charge in [-0.25, -0.2) is 9.98 Å². The average Bonchev–Trinajstić information content (AvgIpc) is 3.00. The maximum Gasteiger partial charge on any atom is 0.416 e. The Kier molecular flexibility index (Phi) is 12.9. The quantitative estimate of drug-likeness (QED) is 0.0666. The van der Waals surface area contributed by atoms with E-state index >= 15 is 0 Å². The Bertz CT molecular complexity index is 1530. The molecule has 0 bridgehead atoms. The van der Waals surface area contributed by atoms with Crippen molar-refractivity contribution in [2.45, 2.75) is 37.5 Å². The minimum Gasteiger partial charge on any atom is -0.370 e. The van der Waals surface area contributed by atoms with E-state index in [1.807, 2.05) is 31.3 Å². The number of carbonyl (C=O) groups excluding carboxylic acids is 2. The topological polar surface area (TPSA) is 226 Å². The first-order valence-electron chi connectivity index (χ1n) is 15.0. The molecule has 12 N–H and O–H groups in total. The van der Waals surface area contributed by atoms with Crippen LogP contribution in [0.5, 0.6) is 0 Å². The Morgan fingerprint density at radius 1 is 0.915 bits per heavy atom. The van der Waals surface area contributed by atoms with Crippen LogP contribution in [0.3, 0.4) is 0 Å². The third-order valence-electron chi connectivity index (χ3n) is 7.63. The number of anilines is 1. The Balaban J connectivity index is 1.70. The largest absolute Gasteiger partial charge is 0.416 e. The summed E-state index contributed by atoms with van der Waals surface area (Å²) in [5.74, 6) is -1.20. The molecule has 0 spiro atoms. The van der Waals surface area contributed by atoms with Crippen molar-refractivity contribution < 1.29 is 27.2 Å². The normalized spacial score (nSPS) is 13.0. The molecule has 16 heteroatoms. The highest BCUT2D eigenvalue weighted by Gasteiger charge is 2.31. The van der Waals surface area contributed by atoms with E-state index in [0.717, 1.165) is 23.0 Å². The van der Waals surface area contributed by atoms with Gasteiger partial charge in [0.1, 0.15) is 6.04 Å². The predicted molar refractivity (Wildman–Crippen MR) is 177 cm³/mol. The zero-order chi connectivity index (χ0) is 34.6. The molecule has 3 aromatic rings. The molecular formula is C31H43F3N11O2+. The van der Waals surface area contributed by atoms with E-state index in [1.54, 1.807) is 6.07 Å². The van der Waals surface area contributed by atoms with Gasteiger partial charge in [-0.2, -0.15) is 13.2 Å². The van der Waals surface area contributed by atoms with Crippen LogP contribution < -0.4 is 39.3 Å². The Labute approximate surface area is 271 Å². The number of aliphatic imine (C=N–C) groups is 2. The van der Waals surface area contributed by atoms with Gasteiger partial charge in [0.05, 0.1) is 68.8 Å². The molecule has 2 aromatic carbocycles. The molecule has 0 saturated heterocycles. The molecule has 0 fully saturated rings. The SMILES string of the molecule is C[N+](CCC[C@H](N)C(=O)N[C@@H](Cc1ccc(C(F)(F)F)cc1)C(=O)Nc1cnc2ccccc2c1)(CCN=C(N)N)CCN=C(N)N. The fourth-order valence-electron chi connectivity index (χ4n) is 4.92. The first kappa shape index (κ1) is 36.5. The van der Waals surface area contributed by atoms with Gasteiger partial charge in [-0.05, 0) is 42.7 Å². The summed E-state index contributed by atoms with van der Waals surface area (Å²) >= 11 is 0. The molecule has 1 aromatic heterocycles. The first-order valence-corrected chi connectivity index (χ1v) is 15.0. The summed E-state index contributed by atoms with van der Waals surface area (Å²) in [4.78, 5) is 39.1. The molecular weight excluding hydrogens is 615 g/mol. The second kappa shape index (κ2) is 16.6. The van der Waals surface area contributed by atoms with Crippen LogP contribution in [0, 0.1) is 0 Å². The molecule has 0 aliphatic rings. The number of aromatic nitrogens is 1. The van der Waals surface area contributed by atoms with Crippen molar-refractivity contribution in [1.82, 2.24) is 10.3 Å². The lowest BCUT2D eigenvalue weighted by Crippen LogP contribution is -2.52. The Hall–Kier alpha value is -4.96. The highest BCUT2D eigenvalue weighted by molar-refractivity contribution is 5.99. The summed E-state index contributed by atoms with van der Waals surface area (Å²) in [6, 6.07) is 11.4. The molecule has 0 aliphatic heterocycles. The van der Waals surface area contributed by atoms with E-state index in [0.29, 0.717) is 54.9 Å². The fraction of sp³-hybridized carbons (Fsp3) is 0.387. The molecule has 2 atom stereocenters. The van der Waals surface area contributed by atoms with Crippen LogP contribution in [0.15, 0.2) is 70.8 Å². The number of alkyl halides is 3. The van der Waals surface area contributed by atoms with Crippen LogP contribution in [-0.2, 0) is 22.2 Å². The number of guanidine groups is 2. The number of nitrogens with zero attached hydrogens (tertiary/aromatic N) is 4. The molecule has 2 amide bonds. The number of benzene rings is 2. The molecule has 1 heterocycles. The van der Waals surface area contributed by atoms with E-state index in [4.69, 9.17) is 28.7 Å². The summed E-state index contributed by atoms with van der Waals surface area (Å²) in [5, 5.41) is 6.24. The van der Waals surface area contributed by atoms with Crippen molar-refractivity contribution >= 4 is 40.3 Å². The monoisotopic (exact) mass is 658 g/mol. The number of amides is 2. The van der Waals surface area contributed by atoms with Crippen LogP contribution in [-0.4, -0.2) is 85.1 Å². The van der Waals surface area contributed by atoms with Crippen LogP contribution >= 0.6 is 0 Å². The molecule has 0 unspecified atom stereocenters. The van der Waals surface area contributed by atoms with Crippen LogP contribution in [0.25, 0.3) is 10.9 Å². The summed E-state index contributed by atoms with van der Waals surface area (Å²) in [6.45, 7) is 2.52. The van der Waals surface area contributed by atoms with E-state index < -0.39 is 35.6 Å². The number of nitrogens with one attached hydrogen (secondary N) is 2. The lowest BCUT2D eigenvalue weighted by Gasteiger charge is -2.34. The average molecular weight is 659 g/mol. The summed E-state index contributed by atoms with van der Waals surface area (Å²) < 4.78 is 39.8. The third kappa shape index (κ3) is 12.1. The number of carbonyl (C=O) groups is 2. The lowest BCUT2D eigenvalue weighted by molar-refractivity contribution is -0.907. The van der Waals surface area contributed by atoms with Crippen molar-refractivity contribution in [3.63, 3.8) is 0 Å². The number of nitrogens with two attached hydrogens (primary N) is 5. The van der Waals surface area contributed by atoms with Crippen LogP contribution in [0.4, 0.5) is 18.9 Å². The van der Waals surface area contributed by atoms with Crippen molar-refractivity contribution in [3.8, 4) is 0 Å². The zero-order valence-corrected chi connectivity index (χ0v) is 26.2. The highest BCUT2D eigenvalue weighted by atomic mass is 19.4. The van der Waals surface area contributed by atoms with Gasteiger partial charge in [-0.3, -0.25) is 14.6 Å². The summed E-state index contributed by atoms with van der Waals surface area (Å²) in [7, 11) is 1.99. The van der Waals surface area contributed by atoms with Gasteiger partial charge in [-0.1, -0.05) is 30.3 Å². The molecule has 254 valence electrons. The molecule has 47 heavy (non-hydrogen) atoms. The number of likely N-dealkylation sites (N-methyl/N-ethyl adjacent to an activating group) is 1. The molecule has 0 aliphatic carbocycles. The zero-order valence-electron chi connectivity index (χ0n) is 26.2. The van der Waals surface area contributed by atoms with Gasteiger partial charge >= 0.3 is 6.18 Å². The van der Waals surface area contributed by atoms with E-state index in [-0.39, 0.29) is 24.8 Å². The van der Waals surface area contributed by atoms with Gasteiger partial charge in [0, 0.05) is 11.8 Å². The number of rotatable bonds is 16. The number of hydrogen-bond acceptors (Lipinski definition) is 6. The smallest absolute Gasteiger partial charge is 0.370 e. The summed E-state index contributed by atoms with van der Waals surface area (Å²) in [5.41, 5.74) is 28.8. The number of fused-ring (bicyclic) bond motifs is 1. The van der Waals surface area contributed by atoms with Crippen LogP contribution in [0.2, 0.25) is 0 Å². The second-order valence-electron chi connectivity index (χ2n) is 11.5. The van der Waals surface area contributed by atoms with Gasteiger partial charge in [-0.15, -0.1) is 0 Å². The van der Waals surface area contributed by atoms with Gasteiger partial charge < -0.3 is 43.8 Å². The van der Waals surface area contributed by atoms with Crippen LogP contribution in [0.1, 0.15) is 24.0 Å². The molecule has 0 radical (unpaired) electrons. The fourth-order valence-corrected chi connectivity index (χ4v) is 4.92. The number of halogens is 3. The molecule has 0 saturated carbocycles. The van der Waals surface area contributed by atoms with Gasteiger partial charge in [0.25, 0.3) is 0 Å². The van der Waals surface area contributed by atoms with E-state index in [1.165, 1.54) is 18.3 Å². The minimum atomic E-state index is -4.51. The standard InChI is InChI=1S/C31H42F3N11O2/c1-45(15-12-40-29(36)37,16-13-41-30(38)39)14-4-6-24(35)27(46)44-26(17-20-8-10-22(11-9-20)31(32,33)34)28(47)43-23-18-21-5-2-3-7-25(21)42-19-23/h2-3,5,7-11,18-19,24,26H,4,6,12-17,35H2,1H3,(H9-,36,37,38,39,40,41,43,44,46,47)/p+1/t24-,26-/m0/s1. The van der Waals surface area contributed by atoms with E-state index in [2.05, 4.69) is 25.6 Å². The summed E-state index contributed by atoms with van der Waals surface area (Å²) in [6.07, 6.45) is -2.28. The lowest BCUT2D eigenvalue weighted by atomic mass is 10.0. The number of pyridine rings is 1. The Morgan fingerprint density at radius 2 is 1.53 bits per heavy atom. The highest BCUT2D eigenvalue weighted by Crippen LogP contribution is 2.29. The van der Waals surface area contributed by atoms with Gasteiger partial charge in [0.2, 0.25) is 11.8 Å². The predicted octanol–water partition coefficient (Wildman–Crippen LogP) is 1.02. The number of hydrogen-bond donors (Lipinski definition) is 7. The minimum absolute atomic E-state index is 0.0220. The second-order valence-corrected chi connectivity index (χ2v) is 11.5. The maximum absolute atomic E-state index is 13.4. The third-order valence-corrected chi connectivity index (χ3v) is 7.63. The van der Waals surface area contributed by atoms with Crippen molar-refractivity contribution in [3.05, 3.63) is 71.9 Å². The number of para-hydroxylation sites is 1. The van der Waals surface area contributed by atoms with Crippen molar-refractivity contribution in [1.29, 1.82) is 0 Å². The molecule has 13 nitrogen and oxygen atoms in total. The van der Waals surface area contributed by atoms with Crippen molar-refractivity contribution in [2.75, 3.05) is 45.1 Å². The Morgan fingerprint density at radius 3 is 2.13 bits per heavy atom. The molecule has 3 rings (SSSR count). The first-order chi connectivity index (χ1) is 22.1. The van der Waals surface area contributed by atoms with Crippen molar-refractivity contribution in [2.24, 2.45) is 38.7 Å². The maximum atomic E-state index is 13.4. The van der Waals surface area contributed by atoms with Gasteiger partial charge in [0.15, 0.2) is 11.9 Å². The van der Waals surface area contributed by atoms with E-state index in [9.17, 15) is 22.8 Å².